The van der Waals surface area contributed by atoms with Gasteiger partial charge in [-0.15, -0.1) is 11.3 Å². The van der Waals surface area contributed by atoms with E-state index in [-0.39, 0.29) is 6.04 Å². The van der Waals surface area contributed by atoms with Crippen LogP contribution in [0.1, 0.15) is 17.7 Å². The number of benzene rings is 1. The molecule has 0 unspecified atom stereocenters. The molecule has 0 spiro atoms. The van der Waals surface area contributed by atoms with Gasteiger partial charge in [-0.1, -0.05) is 18.2 Å². The van der Waals surface area contributed by atoms with Crippen LogP contribution >= 0.6 is 11.3 Å². The van der Waals surface area contributed by atoms with Crippen LogP contribution in [-0.4, -0.2) is 43.5 Å². The van der Waals surface area contributed by atoms with Crippen LogP contribution in [0.5, 0.6) is 0 Å². The zero-order chi connectivity index (χ0) is 21.3. The first-order chi connectivity index (χ1) is 14.3. The van der Waals surface area contributed by atoms with Gasteiger partial charge in [0, 0.05) is 41.4 Å². The number of nitrogens with one attached hydrogen (secondary N) is 2. The van der Waals surface area contributed by atoms with Crippen molar-refractivity contribution in [2.75, 3.05) is 22.8 Å². The summed E-state index contributed by atoms with van der Waals surface area (Å²) in [4.78, 5) is 13.6. The molecule has 4 rings (SSSR count). The summed E-state index contributed by atoms with van der Waals surface area (Å²) in [5.74, 6) is 0. The summed E-state index contributed by atoms with van der Waals surface area (Å²) in [6.07, 6.45) is 4.16. The standard InChI is InChI=1S/C19H23N5O4S2/c1-13-18(16-5-3-4-6-17(16)29-13)21-19(25)22-30(26,27)24(14-7-9-28-10-8-14)15-11-20-23(2)12-15/h3-6,11-12,14H,7-10H2,1-2H3,(H2,21,22,25). The molecule has 9 nitrogen and oxygen atoms in total. The first-order valence-corrected chi connectivity index (χ1v) is 11.8. The molecular weight excluding hydrogens is 426 g/mol. The van der Waals surface area contributed by atoms with Gasteiger partial charge in [0.2, 0.25) is 0 Å². The fourth-order valence-electron chi connectivity index (χ4n) is 3.62. The van der Waals surface area contributed by atoms with Gasteiger partial charge in [-0.05, 0) is 25.8 Å². The maximum absolute atomic E-state index is 13.2. The number of rotatable bonds is 5. The van der Waals surface area contributed by atoms with Crippen molar-refractivity contribution in [2.24, 2.45) is 7.05 Å². The zero-order valence-electron chi connectivity index (χ0n) is 16.7. The topological polar surface area (TPSA) is 106 Å². The van der Waals surface area contributed by atoms with Crippen molar-refractivity contribution in [1.29, 1.82) is 0 Å². The first kappa shape index (κ1) is 20.6. The summed E-state index contributed by atoms with van der Waals surface area (Å²) in [6.45, 7) is 2.81. The van der Waals surface area contributed by atoms with E-state index >= 15 is 0 Å². The number of urea groups is 1. The number of fused-ring (bicyclic) bond motifs is 1. The van der Waals surface area contributed by atoms with Crippen LogP contribution in [0, 0.1) is 6.92 Å². The average Bonchev–Trinajstić information content (AvgIpc) is 3.25. The van der Waals surface area contributed by atoms with Crippen molar-refractivity contribution < 1.29 is 17.9 Å². The Bertz CT molecular complexity index is 1160. The van der Waals surface area contributed by atoms with E-state index in [4.69, 9.17) is 4.74 Å². The van der Waals surface area contributed by atoms with Gasteiger partial charge in [-0.3, -0.25) is 4.68 Å². The summed E-state index contributed by atoms with van der Waals surface area (Å²) in [7, 11) is -2.45. The van der Waals surface area contributed by atoms with Gasteiger partial charge in [0.15, 0.2) is 0 Å². The monoisotopic (exact) mass is 449 g/mol. The van der Waals surface area contributed by atoms with Crippen LogP contribution in [-0.2, 0) is 22.0 Å². The van der Waals surface area contributed by atoms with Crippen molar-refractivity contribution in [3.8, 4) is 0 Å². The molecule has 1 aliphatic rings. The Hall–Kier alpha value is -2.63. The smallest absolute Gasteiger partial charge is 0.334 e. The van der Waals surface area contributed by atoms with Gasteiger partial charge in [0.25, 0.3) is 0 Å². The fourth-order valence-corrected chi connectivity index (χ4v) is 5.99. The van der Waals surface area contributed by atoms with Crippen LogP contribution in [0.2, 0.25) is 0 Å². The highest BCUT2D eigenvalue weighted by molar-refractivity contribution is 7.91. The molecule has 0 aliphatic carbocycles. The number of hydrogen-bond acceptors (Lipinski definition) is 6. The molecule has 0 atom stereocenters. The van der Waals surface area contributed by atoms with Crippen molar-refractivity contribution in [2.45, 2.75) is 25.8 Å². The van der Waals surface area contributed by atoms with Gasteiger partial charge in [0.1, 0.15) is 0 Å². The largest absolute Gasteiger partial charge is 0.381 e. The zero-order valence-corrected chi connectivity index (χ0v) is 18.3. The molecule has 2 N–H and O–H groups in total. The average molecular weight is 450 g/mol. The minimum atomic E-state index is -4.16. The predicted molar refractivity (Wildman–Crippen MR) is 117 cm³/mol. The normalized spacial score (nSPS) is 15.3. The van der Waals surface area contributed by atoms with E-state index in [1.54, 1.807) is 24.6 Å². The van der Waals surface area contributed by atoms with E-state index < -0.39 is 16.2 Å². The second-order valence-electron chi connectivity index (χ2n) is 7.10. The van der Waals surface area contributed by atoms with E-state index in [9.17, 15) is 13.2 Å². The maximum Gasteiger partial charge on any atom is 0.334 e. The van der Waals surface area contributed by atoms with Crippen LogP contribution in [0.25, 0.3) is 10.1 Å². The summed E-state index contributed by atoms with van der Waals surface area (Å²) >= 11 is 1.54. The van der Waals surface area contributed by atoms with Gasteiger partial charge >= 0.3 is 16.2 Å². The summed E-state index contributed by atoms with van der Waals surface area (Å²) < 4.78 is 37.7. The third-order valence-electron chi connectivity index (χ3n) is 4.96. The molecule has 0 bridgehead atoms. The minimum absolute atomic E-state index is 0.322. The molecule has 0 saturated carbocycles. The Balaban J connectivity index is 1.58. The predicted octanol–water partition coefficient (Wildman–Crippen LogP) is 3.00. The molecule has 2 amide bonds. The molecular formula is C19H23N5O4S2. The van der Waals surface area contributed by atoms with Crippen molar-refractivity contribution in [3.05, 3.63) is 41.5 Å². The number of carbonyl (C=O) groups is 1. The van der Waals surface area contributed by atoms with Crippen molar-refractivity contribution >= 4 is 49.0 Å². The van der Waals surface area contributed by atoms with Gasteiger partial charge in [0.05, 0.1) is 23.6 Å². The number of hydrogen-bond donors (Lipinski definition) is 2. The lowest BCUT2D eigenvalue weighted by molar-refractivity contribution is 0.0875. The van der Waals surface area contributed by atoms with Crippen molar-refractivity contribution in [1.82, 2.24) is 14.5 Å². The van der Waals surface area contributed by atoms with E-state index in [1.165, 1.54) is 15.2 Å². The van der Waals surface area contributed by atoms with Gasteiger partial charge < -0.3 is 10.1 Å². The second kappa shape index (κ2) is 8.25. The van der Waals surface area contributed by atoms with Crippen LogP contribution in [0.4, 0.5) is 16.2 Å². The highest BCUT2D eigenvalue weighted by atomic mass is 32.2. The molecule has 30 heavy (non-hydrogen) atoms. The molecule has 3 heterocycles. The lowest BCUT2D eigenvalue weighted by Gasteiger charge is -2.33. The van der Waals surface area contributed by atoms with Gasteiger partial charge in [-0.25, -0.2) is 13.8 Å². The number of carbonyl (C=O) groups excluding carboxylic acids is 1. The molecule has 1 saturated heterocycles. The van der Waals surface area contributed by atoms with E-state index in [0.29, 0.717) is 37.4 Å². The molecule has 1 aliphatic heterocycles. The lowest BCUT2D eigenvalue weighted by Crippen LogP contribution is -2.51. The maximum atomic E-state index is 13.2. The number of aryl methyl sites for hydroxylation is 2. The third-order valence-corrected chi connectivity index (χ3v) is 7.52. The van der Waals surface area contributed by atoms with Crippen LogP contribution < -0.4 is 14.3 Å². The molecule has 2 aromatic heterocycles. The molecule has 3 aromatic rings. The SMILES string of the molecule is Cc1sc2ccccc2c1NC(=O)NS(=O)(=O)N(c1cnn(C)c1)C1CCOCC1. The van der Waals surface area contributed by atoms with E-state index in [2.05, 4.69) is 15.1 Å². The second-order valence-corrected chi connectivity index (χ2v) is 9.91. The number of thiophene rings is 1. The number of nitrogens with zero attached hydrogens (tertiary/aromatic N) is 3. The molecule has 160 valence electrons. The number of aromatic nitrogens is 2. The Kier molecular flexibility index (Phi) is 5.67. The third kappa shape index (κ3) is 4.13. The summed E-state index contributed by atoms with van der Waals surface area (Å²) in [6, 6.07) is 6.53. The van der Waals surface area contributed by atoms with E-state index in [0.717, 1.165) is 15.0 Å². The van der Waals surface area contributed by atoms with Gasteiger partial charge in [-0.2, -0.15) is 13.5 Å². The lowest BCUT2D eigenvalue weighted by atomic mass is 10.1. The molecule has 0 radical (unpaired) electrons. The van der Waals surface area contributed by atoms with Crippen LogP contribution in [0.15, 0.2) is 36.7 Å². The molecule has 1 aromatic carbocycles. The van der Waals surface area contributed by atoms with Crippen LogP contribution in [0.3, 0.4) is 0 Å². The fraction of sp³-hybridized carbons (Fsp3) is 0.368. The molecule has 11 heteroatoms. The first-order valence-electron chi connectivity index (χ1n) is 9.53. The quantitative estimate of drug-likeness (QED) is 0.623. The Morgan fingerprint density at radius 1 is 1.30 bits per heavy atom. The summed E-state index contributed by atoms with van der Waals surface area (Å²) in [5, 5.41) is 7.67. The summed E-state index contributed by atoms with van der Waals surface area (Å²) in [5.41, 5.74) is 1.02. The number of anilines is 2. The Labute approximate surface area is 178 Å². The minimum Gasteiger partial charge on any atom is -0.381 e. The Morgan fingerprint density at radius 3 is 2.73 bits per heavy atom. The van der Waals surface area contributed by atoms with Crippen molar-refractivity contribution in [3.63, 3.8) is 0 Å². The van der Waals surface area contributed by atoms with E-state index in [1.807, 2.05) is 31.2 Å². The Morgan fingerprint density at radius 2 is 2.03 bits per heavy atom. The number of ether oxygens (including phenoxy) is 1. The highest BCUT2D eigenvalue weighted by Crippen LogP contribution is 2.35. The number of amides is 2. The highest BCUT2D eigenvalue weighted by Gasteiger charge is 2.34. The molecule has 1 fully saturated rings.